The predicted octanol–water partition coefficient (Wildman–Crippen LogP) is 5.95. The highest BCUT2D eigenvalue weighted by Gasteiger charge is 2.52. The molecule has 39 heavy (non-hydrogen) atoms. The SMILES string of the molecule is CCN(CC)C(c1ccc(F)cc1)[C@@]12Cc3cn[nH]c3C=C1CCN(S(=O)(=O)c1ccc(C(C)(C)C)cc1)C2. The number of piperidine rings is 1. The van der Waals surface area contributed by atoms with Crippen LogP contribution in [0.1, 0.15) is 69.5 Å². The van der Waals surface area contributed by atoms with Crippen molar-refractivity contribution in [3.8, 4) is 0 Å². The third-order valence-corrected chi connectivity index (χ3v) is 10.4. The molecule has 1 saturated heterocycles. The number of nitrogens with zero attached hydrogens (tertiary/aromatic N) is 3. The van der Waals surface area contributed by atoms with Crippen LogP contribution in [0.4, 0.5) is 4.39 Å². The zero-order valence-electron chi connectivity index (χ0n) is 23.5. The molecule has 1 N–H and O–H groups in total. The normalized spacial score (nSPS) is 20.8. The monoisotopic (exact) mass is 550 g/mol. The lowest BCUT2D eigenvalue weighted by molar-refractivity contribution is 0.0614. The Hall–Kier alpha value is -2.81. The van der Waals surface area contributed by atoms with Crippen molar-refractivity contribution in [2.45, 2.75) is 63.8 Å². The molecule has 1 aliphatic carbocycles. The van der Waals surface area contributed by atoms with Gasteiger partial charge in [-0.25, -0.2) is 12.8 Å². The lowest BCUT2D eigenvalue weighted by Gasteiger charge is -2.53. The van der Waals surface area contributed by atoms with Gasteiger partial charge in [-0.05, 0) is 78.4 Å². The van der Waals surface area contributed by atoms with E-state index in [1.807, 2.05) is 30.5 Å². The average Bonchev–Trinajstić information content (AvgIpc) is 3.37. The third kappa shape index (κ3) is 4.98. The number of benzene rings is 2. The smallest absolute Gasteiger partial charge is 0.243 e. The van der Waals surface area contributed by atoms with Crippen molar-refractivity contribution < 1.29 is 12.8 Å². The summed E-state index contributed by atoms with van der Waals surface area (Å²) in [5.74, 6) is -0.280. The van der Waals surface area contributed by atoms with E-state index in [-0.39, 0.29) is 17.3 Å². The van der Waals surface area contributed by atoms with Crippen LogP contribution in [-0.4, -0.2) is 54.0 Å². The Bertz CT molecular complexity index is 1450. The number of aromatic amines is 1. The Morgan fingerprint density at radius 2 is 1.74 bits per heavy atom. The molecule has 0 amide bonds. The fourth-order valence-corrected chi connectivity index (χ4v) is 7.94. The number of nitrogens with one attached hydrogen (secondary N) is 1. The van der Waals surface area contributed by atoms with E-state index in [1.54, 1.807) is 16.4 Å². The standard InChI is InChI=1S/C31H39FN4O2S/c1-6-35(7-2)29(22-8-12-26(32)13-9-22)31-19-23-20-33-34-28(23)18-25(31)16-17-36(21-31)39(37,38)27-14-10-24(11-15-27)30(3,4)5/h8-15,18,20,29H,6-7,16-17,19,21H2,1-5H3,(H,33,34)/t29?,31-/m1/s1. The van der Waals surface area contributed by atoms with Crippen molar-refractivity contribution in [2.24, 2.45) is 5.41 Å². The molecule has 2 aliphatic rings. The topological polar surface area (TPSA) is 69.3 Å². The van der Waals surface area contributed by atoms with Crippen LogP contribution in [0.2, 0.25) is 0 Å². The lowest BCUT2D eigenvalue weighted by atomic mass is 9.62. The molecule has 1 aliphatic heterocycles. The Kier molecular flexibility index (Phi) is 7.33. The fraction of sp³-hybridized carbons (Fsp3) is 0.452. The average molecular weight is 551 g/mol. The maximum Gasteiger partial charge on any atom is 0.243 e. The van der Waals surface area contributed by atoms with Crippen LogP contribution in [0.25, 0.3) is 6.08 Å². The van der Waals surface area contributed by atoms with Crippen molar-refractivity contribution in [1.29, 1.82) is 0 Å². The highest BCUT2D eigenvalue weighted by Crippen LogP contribution is 2.54. The number of hydrogen-bond acceptors (Lipinski definition) is 4. The lowest BCUT2D eigenvalue weighted by Crippen LogP contribution is -2.55. The van der Waals surface area contributed by atoms with Crippen molar-refractivity contribution in [1.82, 2.24) is 19.4 Å². The van der Waals surface area contributed by atoms with Gasteiger partial charge in [-0.3, -0.25) is 10.00 Å². The van der Waals surface area contributed by atoms with Gasteiger partial charge >= 0.3 is 0 Å². The molecule has 8 heteroatoms. The van der Waals surface area contributed by atoms with Gasteiger partial charge in [0.2, 0.25) is 10.0 Å². The fourth-order valence-electron chi connectivity index (χ4n) is 6.43. The maximum atomic E-state index is 14.1. The first-order valence-corrected chi connectivity index (χ1v) is 15.3. The number of sulfonamides is 1. The van der Waals surface area contributed by atoms with Crippen molar-refractivity contribution >= 4 is 16.1 Å². The van der Waals surface area contributed by atoms with Gasteiger partial charge in [-0.2, -0.15) is 9.40 Å². The van der Waals surface area contributed by atoms with Gasteiger partial charge in [0.05, 0.1) is 16.8 Å². The molecule has 1 aromatic heterocycles. The quantitative estimate of drug-likeness (QED) is 0.395. The molecule has 0 radical (unpaired) electrons. The molecule has 2 atom stereocenters. The first-order chi connectivity index (χ1) is 18.5. The van der Waals surface area contributed by atoms with Crippen LogP contribution in [0.5, 0.6) is 0 Å². The van der Waals surface area contributed by atoms with Gasteiger partial charge in [0.1, 0.15) is 5.82 Å². The number of hydrogen-bond donors (Lipinski definition) is 1. The Morgan fingerprint density at radius 1 is 1.08 bits per heavy atom. The highest BCUT2D eigenvalue weighted by molar-refractivity contribution is 7.89. The zero-order chi connectivity index (χ0) is 28.0. The molecule has 6 nitrogen and oxygen atoms in total. The molecule has 0 spiro atoms. The molecule has 2 aromatic carbocycles. The second-order valence-corrected chi connectivity index (χ2v) is 13.8. The van der Waals surface area contributed by atoms with Gasteiger partial charge in [0.25, 0.3) is 0 Å². The van der Waals surface area contributed by atoms with Gasteiger partial charge in [-0.1, -0.05) is 64.5 Å². The molecule has 0 saturated carbocycles. The summed E-state index contributed by atoms with van der Waals surface area (Å²) < 4.78 is 43.9. The van der Waals surface area contributed by atoms with E-state index < -0.39 is 15.4 Å². The van der Waals surface area contributed by atoms with Crippen molar-refractivity contribution in [3.63, 3.8) is 0 Å². The summed E-state index contributed by atoms with van der Waals surface area (Å²) in [5, 5.41) is 7.41. The van der Waals surface area contributed by atoms with E-state index in [4.69, 9.17) is 0 Å². The Balaban J connectivity index is 1.62. The number of fused-ring (bicyclic) bond motifs is 2. The molecule has 2 heterocycles. The van der Waals surface area contributed by atoms with Gasteiger partial charge < -0.3 is 0 Å². The van der Waals surface area contributed by atoms with Gasteiger partial charge in [0, 0.05) is 24.5 Å². The van der Waals surface area contributed by atoms with E-state index in [0.29, 0.717) is 30.8 Å². The van der Waals surface area contributed by atoms with Crippen LogP contribution in [0.15, 0.2) is 65.2 Å². The van der Waals surface area contributed by atoms with Crippen LogP contribution < -0.4 is 0 Å². The van der Waals surface area contributed by atoms with Gasteiger partial charge in [-0.15, -0.1) is 0 Å². The van der Waals surface area contributed by atoms with E-state index in [1.165, 1.54) is 17.7 Å². The molecule has 208 valence electrons. The Labute approximate surface area is 232 Å². The molecular weight excluding hydrogens is 511 g/mol. The molecular formula is C31H39FN4O2S. The van der Waals surface area contributed by atoms with Crippen LogP contribution >= 0.6 is 0 Å². The first-order valence-electron chi connectivity index (χ1n) is 13.8. The van der Waals surface area contributed by atoms with Crippen molar-refractivity contribution in [2.75, 3.05) is 26.2 Å². The molecule has 1 unspecified atom stereocenters. The highest BCUT2D eigenvalue weighted by atomic mass is 32.2. The van der Waals surface area contributed by atoms with E-state index in [0.717, 1.165) is 35.5 Å². The van der Waals surface area contributed by atoms with Crippen LogP contribution in [0, 0.1) is 11.2 Å². The summed E-state index contributed by atoms with van der Waals surface area (Å²) in [6, 6.07) is 13.9. The number of H-pyrrole nitrogens is 1. The summed E-state index contributed by atoms with van der Waals surface area (Å²) in [5.41, 5.74) is 4.78. The summed E-state index contributed by atoms with van der Waals surface area (Å²) in [6.07, 6.45) is 5.30. The second kappa shape index (κ2) is 10.3. The summed E-state index contributed by atoms with van der Waals surface area (Å²) in [7, 11) is -3.73. The van der Waals surface area contributed by atoms with Crippen LogP contribution in [-0.2, 0) is 21.9 Å². The van der Waals surface area contributed by atoms with E-state index in [9.17, 15) is 12.8 Å². The molecule has 3 aromatic rings. The molecule has 5 rings (SSSR count). The molecule has 1 fully saturated rings. The number of aromatic nitrogens is 2. The van der Waals surface area contributed by atoms with E-state index in [2.05, 4.69) is 55.8 Å². The first kappa shape index (κ1) is 27.7. The summed E-state index contributed by atoms with van der Waals surface area (Å²) >= 11 is 0. The maximum absolute atomic E-state index is 14.1. The largest absolute Gasteiger partial charge is 0.296 e. The second-order valence-electron chi connectivity index (χ2n) is 11.8. The molecule has 0 bridgehead atoms. The van der Waals surface area contributed by atoms with Crippen molar-refractivity contribution in [3.05, 3.63) is 88.5 Å². The van der Waals surface area contributed by atoms with E-state index >= 15 is 0 Å². The number of rotatable bonds is 7. The minimum atomic E-state index is -3.73. The Morgan fingerprint density at radius 3 is 2.36 bits per heavy atom. The predicted molar refractivity (Wildman–Crippen MR) is 153 cm³/mol. The minimum absolute atomic E-state index is 0.0618. The zero-order valence-corrected chi connectivity index (χ0v) is 24.4. The van der Waals surface area contributed by atoms with Crippen LogP contribution in [0.3, 0.4) is 0 Å². The minimum Gasteiger partial charge on any atom is -0.296 e. The van der Waals surface area contributed by atoms with Gasteiger partial charge in [0.15, 0.2) is 0 Å². The third-order valence-electron chi connectivity index (χ3n) is 8.55. The summed E-state index contributed by atoms with van der Waals surface area (Å²) in [6.45, 7) is 12.9. The number of halogens is 1. The summed E-state index contributed by atoms with van der Waals surface area (Å²) in [4.78, 5) is 2.69.